The molecule has 2 aromatic rings. The molecule has 1 fully saturated rings. The predicted octanol–water partition coefficient (Wildman–Crippen LogP) is 2.79. The molecule has 1 aromatic heterocycles. The Morgan fingerprint density at radius 2 is 1.88 bits per heavy atom. The van der Waals surface area contributed by atoms with Crippen LogP contribution in [0.5, 0.6) is 0 Å². The van der Waals surface area contributed by atoms with Gasteiger partial charge in [-0.3, -0.25) is 9.52 Å². The summed E-state index contributed by atoms with van der Waals surface area (Å²) >= 11 is 0. The first-order valence-corrected chi connectivity index (χ1v) is 9.48. The van der Waals surface area contributed by atoms with E-state index in [1.165, 1.54) is 16.8 Å². The normalized spacial score (nSPS) is 14.4. The first-order valence-electron chi connectivity index (χ1n) is 7.94. The standard InChI is InChI=1S/C17H20FN3O3S/c1-10-4-7-14(13(18)8-10)19-16-11(2)17(22)21(3)9-15(16)20-25(23,24)12-5-6-12/h4,7-9,12,19-20H,5-6H2,1-3H3. The summed E-state index contributed by atoms with van der Waals surface area (Å²) < 4.78 is 42.6. The van der Waals surface area contributed by atoms with Gasteiger partial charge in [0.05, 0.1) is 22.3 Å². The molecule has 6 nitrogen and oxygen atoms in total. The van der Waals surface area contributed by atoms with Gasteiger partial charge in [0.25, 0.3) is 5.56 Å². The molecule has 1 saturated carbocycles. The Labute approximate surface area is 145 Å². The first kappa shape index (κ1) is 17.5. The van der Waals surface area contributed by atoms with Crippen LogP contribution < -0.4 is 15.6 Å². The van der Waals surface area contributed by atoms with Gasteiger partial charge >= 0.3 is 0 Å². The minimum atomic E-state index is -3.52. The maximum Gasteiger partial charge on any atom is 0.255 e. The van der Waals surface area contributed by atoms with Crippen molar-refractivity contribution in [2.75, 3.05) is 10.0 Å². The van der Waals surface area contributed by atoms with Crippen LogP contribution in [0.3, 0.4) is 0 Å². The first-order chi connectivity index (χ1) is 11.7. The number of hydrogen-bond acceptors (Lipinski definition) is 4. The minimum Gasteiger partial charge on any atom is -0.351 e. The Morgan fingerprint density at radius 3 is 2.48 bits per heavy atom. The lowest BCUT2D eigenvalue weighted by Gasteiger charge is -2.18. The Morgan fingerprint density at radius 1 is 1.20 bits per heavy atom. The summed E-state index contributed by atoms with van der Waals surface area (Å²) in [4.78, 5) is 12.2. The van der Waals surface area contributed by atoms with Crippen LogP contribution in [0.25, 0.3) is 0 Å². The van der Waals surface area contributed by atoms with Gasteiger partial charge in [0.2, 0.25) is 10.0 Å². The number of aryl methyl sites for hydroxylation is 2. The smallest absolute Gasteiger partial charge is 0.255 e. The molecule has 0 unspecified atom stereocenters. The van der Waals surface area contributed by atoms with E-state index in [0.29, 0.717) is 18.4 Å². The highest BCUT2D eigenvalue weighted by Gasteiger charge is 2.36. The van der Waals surface area contributed by atoms with E-state index in [1.54, 1.807) is 33.0 Å². The second-order valence-electron chi connectivity index (χ2n) is 6.41. The van der Waals surface area contributed by atoms with Crippen molar-refractivity contribution >= 4 is 27.1 Å². The molecule has 1 aliphatic carbocycles. The van der Waals surface area contributed by atoms with Gasteiger partial charge in [-0.15, -0.1) is 0 Å². The van der Waals surface area contributed by atoms with Crippen molar-refractivity contribution in [3.05, 3.63) is 51.7 Å². The lowest BCUT2D eigenvalue weighted by Crippen LogP contribution is -2.24. The van der Waals surface area contributed by atoms with E-state index < -0.39 is 21.1 Å². The molecular weight excluding hydrogens is 345 g/mol. The fourth-order valence-corrected chi connectivity index (χ4v) is 3.98. The highest BCUT2D eigenvalue weighted by Crippen LogP contribution is 2.34. The molecule has 0 radical (unpaired) electrons. The molecule has 0 bridgehead atoms. The van der Waals surface area contributed by atoms with E-state index in [0.717, 1.165) is 5.56 Å². The Kier molecular flexibility index (Phi) is 4.32. The van der Waals surface area contributed by atoms with Crippen molar-refractivity contribution in [2.24, 2.45) is 7.05 Å². The van der Waals surface area contributed by atoms with Crippen LogP contribution in [0.4, 0.5) is 21.5 Å². The Balaban J connectivity index is 2.07. The van der Waals surface area contributed by atoms with Crippen LogP contribution in [0.1, 0.15) is 24.0 Å². The summed E-state index contributed by atoms with van der Waals surface area (Å²) in [5, 5.41) is 2.46. The van der Waals surface area contributed by atoms with Crippen LogP contribution in [0, 0.1) is 19.7 Å². The lowest BCUT2D eigenvalue weighted by atomic mass is 10.2. The average molecular weight is 365 g/mol. The van der Waals surface area contributed by atoms with Crippen LogP contribution in [0.2, 0.25) is 0 Å². The number of anilines is 3. The summed E-state index contributed by atoms with van der Waals surface area (Å²) in [5.74, 6) is -0.476. The highest BCUT2D eigenvalue weighted by molar-refractivity contribution is 7.93. The number of aromatic nitrogens is 1. The zero-order valence-corrected chi connectivity index (χ0v) is 15.1. The number of nitrogens with one attached hydrogen (secondary N) is 2. The second kappa shape index (κ2) is 6.18. The number of rotatable bonds is 5. The van der Waals surface area contributed by atoms with Gasteiger partial charge < -0.3 is 9.88 Å². The van der Waals surface area contributed by atoms with Gasteiger partial charge in [-0.1, -0.05) is 6.07 Å². The summed E-state index contributed by atoms with van der Waals surface area (Å²) in [7, 11) is -1.98. The average Bonchev–Trinajstić information content (AvgIpc) is 3.36. The molecular formula is C17H20FN3O3S. The quantitative estimate of drug-likeness (QED) is 0.854. The SMILES string of the molecule is Cc1ccc(Nc2c(NS(=O)(=O)C3CC3)cn(C)c(=O)c2C)c(F)c1. The van der Waals surface area contributed by atoms with Crippen LogP contribution in [0.15, 0.2) is 29.2 Å². The monoisotopic (exact) mass is 365 g/mol. The maximum absolute atomic E-state index is 14.2. The van der Waals surface area contributed by atoms with Crippen molar-refractivity contribution in [2.45, 2.75) is 31.9 Å². The molecule has 1 aromatic carbocycles. The van der Waals surface area contributed by atoms with E-state index in [2.05, 4.69) is 10.0 Å². The van der Waals surface area contributed by atoms with E-state index in [-0.39, 0.29) is 22.6 Å². The van der Waals surface area contributed by atoms with Gasteiger partial charge in [-0.25, -0.2) is 12.8 Å². The van der Waals surface area contributed by atoms with Crippen molar-refractivity contribution in [3.63, 3.8) is 0 Å². The van der Waals surface area contributed by atoms with Gasteiger partial charge in [-0.2, -0.15) is 0 Å². The molecule has 8 heteroatoms. The molecule has 1 aliphatic rings. The molecule has 0 saturated heterocycles. The summed E-state index contributed by atoms with van der Waals surface area (Å²) in [5.41, 5.74) is 1.44. The third-order valence-electron chi connectivity index (χ3n) is 4.21. The van der Waals surface area contributed by atoms with Gasteiger partial charge in [-0.05, 0) is 44.4 Å². The van der Waals surface area contributed by atoms with Crippen LogP contribution in [-0.4, -0.2) is 18.2 Å². The highest BCUT2D eigenvalue weighted by atomic mass is 32.2. The van der Waals surface area contributed by atoms with Crippen molar-refractivity contribution < 1.29 is 12.8 Å². The molecule has 134 valence electrons. The predicted molar refractivity (Wildman–Crippen MR) is 96.4 cm³/mol. The zero-order chi connectivity index (χ0) is 18.4. The van der Waals surface area contributed by atoms with E-state index in [9.17, 15) is 17.6 Å². The number of sulfonamides is 1. The van der Waals surface area contributed by atoms with Gasteiger partial charge in [0.15, 0.2) is 0 Å². The summed E-state index contributed by atoms with van der Waals surface area (Å²) in [6.45, 7) is 3.34. The van der Waals surface area contributed by atoms with E-state index >= 15 is 0 Å². The van der Waals surface area contributed by atoms with Crippen LogP contribution in [-0.2, 0) is 17.1 Å². The minimum absolute atomic E-state index is 0.175. The molecule has 0 atom stereocenters. The van der Waals surface area contributed by atoms with Gasteiger partial charge in [0.1, 0.15) is 5.82 Å². The third kappa shape index (κ3) is 3.53. The van der Waals surface area contributed by atoms with Gasteiger partial charge in [0, 0.05) is 18.8 Å². The largest absolute Gasteiger partial charge is 0.351 e. The Hall–Kier alpha value is -2.35. The maximum atomic E-state index is 14.2. The van der Waals surface area contributed by atoms with Crippen molar-refractivity contribution in [3.8, 4) is 0 Å². The van der Waals surface area contributed by atoms with E-state index in [4.69, 9.17) is 0 Å². The van der Waals surface area contributed by atoms with Crippen molar-refractivity contribution in [1.29, 1.82) is 0 Å². The molecule has 25 heavy (non-hydrogen) atoms. The fraction of sp³-hybridized carbons (Fsp3) is 0.353. The molecule has 0 aliphatic heterocycles. The van der Waals surface area contributed by atoms with E-state index in [1.807, 2.05) is 0 Å². The number of pyridine rings is 1. The zero-order valence-electron chi connectivity index (χ0n) is 14.3. The molecule has 2 N–H and O–H groups in total. The number of hydrogen-bond donors (Lipinski definition) is 2. The molecule has 0 amide bonds. The third-order valence-corrected chi connectivity index (χ3v) is 6.06. The van der Waals surface area contributed by atoms with Crippen molar-refractivity contribution in [1.82, 2.24) is 4.57 Å². The summed E-state index contributed by atoms with van der Waals surface area (Å²) in [6, 6.07) is 4.66. The fourth-order valence-electron chi connectivity index (χ4n) is 2.60. The molecule has 0 spiro atoms. The second-order valence-corrected chi connectivity index (χ2v) is 8.37. The van der Waals surface area contributed by atoms with Crippen LogP contribution >= 0.6 is 0 Å². The molecule has 3 rings (SSSR count). The Bertz CT molecular complexity index is 995. The summed E-state index contributed by atoms with van der Waals surface area (Å²) in [6.07, 6.45) is 2.65. The number of benzene rings is 1. The number of nitrogens with zero attached hydrogens (tertiary/aromatic N) is 1. The molecule has 1 heterocycles. The topological polar surface area (TPSA) is 80.2 Å². The number of halogens is 1. The lowest BCUT2D eigenvalue weighted by molar-refractivity contribution is 0.600.